The van der Waals surface area contributed by atoms with Gasteiger partial charge in [-0.25, -0.2) is 0 Å². The molecule has 90 valence electrons. The van der Waals surface area contributed by atoms with Crippen LogP contribution in [0.25, 0.3) is 0 Å². The first kappa shape index (κ1) is 14.9. The molecule has 0 aromatic heterocycles. The van der Waals surface area contributed by atoms with Crippen molar-refractivity contribution in [2.24, 2.45) is 0 Å². The van der Waals surface area contributed by atoms with Crippen molar-refractivity contribution in [2.75, 3.05) is 13.2 Å². The Balaban J connectivity index is 3.88. The molecule has 0 aliphatic heterocycles. The lowest BCUT2D eigenvalue weighted by Crippen LogP contribution is -2.38. The Hall–Kier alpha value is -0.123. The number of allylic oxidation sites excluding steroid dienone is 2. The molecule has 15 heavy (non-hydrogen) atoms. The average Bonchev–Trinajstić information content (AvgIpc) is 2.18. The number of unbranched alkanes of at least 4 members (excludes halogenated alkanes) is 2. The molecule has 0 saturated heterocycles. The van der Waals surface area contributed by atoms with Crippen LogP contribution < -0.4 is 0 Å². The Morgan fingerprint density at radius 2 is 1.60 bits per heavy atom. The smallest absolute Gasteiger partial charge is 0.338 e. The molecule has 0 amide bonds. The van der Waals surface area contributed by atoms with Crippen molar-refractivity contribution in [3.8, 4) is 0 Å². The maximum absolute atomic E-state index is 5.74. The standard InChI is InChI=1S/C12H26O2Si/c1-5-8-9-10-11-12-15(4,13-6-2)14-7-3/h10-11H,5-9,12H2,1-4H3. The predicted molar refractivity (Wildman–Crippen MR) is 68.3 cm³/mol. The van der Waals surface area contributed by atoms with Gasteiger partial charge >= 0.3 is 8.56 Å². The molecule has 0 atom stereocenters. The molecule has 0 radical (unpaired) electrons. The highest BCUT2D eigenvalue weighted by Crippen LogP contribution is 2.14. The van der Waals surface area contributed by atoms with Crippen LogP contribution in [-0.2, 0) is 8.85 Å². The van der Waals surface area contributed by atoms with Gasteiger partial charge in [0.2, 0.25) is 0 Å². The first-order valence-corrected chi connectivity index (χ1v) is 8.63. The Labute approximate surface area is 95.9 Å². The molecule has 0 spiro atoms. The van der Waals surface area contributed by atoms with E-state index >= 15 is 0 Å². The third-order valence-electron chi connectivity index (χ3n) is 2.28. The quantitative estimate of drug-likeness (QED) is 0.340. The lowest BCUT2D eigenvalue weighted by atomic mass is 10.2. The van der Waals surface area contributed by atoms with Gasteiger partial charge in [0, 0.05) is 19.3 Å². The highest BCUT2D eigenvalue weighted by Gasteiger charge is 2.28. The first-order chi connectivity index (χ1) is 7.18. The molecule has 0 aromatic carbocycles. The van der Waals surface area contributed by atoms with E-state index < -0.39 is 8.56 Å². The largest absolute Gasteiger partial charge is 0.394 e. The van der Waals surface area contributed by atoms with Crippen LogP contribution in [0.15, 0.2) is 12.2 Å². The predicted octanol–water partition coefficient (Wildman–Crippen LogP) is 3.88. The Morgan fingerprint density at radius 3 is 2.07 bits per heavy atom. The summed E-state index contributed by atoms with van der Waals surface area (Å²) in [6.45, 7) is 9.93. The lowest BCUT2D eigenvalue weighted by molar-refractivity contribution is 0.192. The van der Waals surface area contributed by atoms with Gasteiger partial charge in [-0.1, -0.05) is 31.9 Å². The summed E-state index contributed by atoms with van der Waals surface area (Å²) < 4.78 is 11.5. The van der Waals surface area contributed by atoms with Gasteiger partial charge in [-0.3, -0.25) is 0 Å². The van der Waals surface area contributed by atoms with E-state index in [4.69, 9.17) is 8.85 Å². The lowest BCUT2D eigenvalue weighted by Gasteiger charge is -2.24. The van der Waals surface area contributed by atoms with E-state index in [0.29, 0.717) is 0 Å². The van der Waals surface area contributed by atoms with Gasteiger partial charge in [0.15, 0.2) is 0 Å². The second-order valence-electron chi connectivity index (χ2n) is 3.82. The highest BCUT2D eigenvalue weighted by atomic mass is 28.4. The monoisotopic (exact) mass is 230 g/mol. The van der Waals surface area contributed by atoms with Crippen molar-refractivity contribution < 1.29 is 8.85 Å². The van der Waals surface area contributed by atoms with Crippen LogP contribution in [0.2, 0.25) is 12.6 Å². The number of hydrogen-bond acceptors (Lipinski definition) is 2. The number of hydrogen-bond donors (Lipinski definition) is 0. The maximum Gasteiger partial charge on any atom is 0.338 e. The van der Waals surface area contributed by atoms with Crippen LogP contribution in [0.5, 0.6) is 0 Å². The summed E-state index contributed by atoms with van der Waals surface area (Å²) in [4.78, 5) is 0. The molecule has 0 aliphatic rings. The summed E-state index contributed by atoms with van der Waals surface area (Å²) in [6.07, 6.45) is 8.20. The molecule has 3 heteroatoms. The van der Waals surface area contributed by atoms with Crippen molar-refractivity contribution in [2.45, 2.75) is 52.6 Å². The molecule has 0 rings (SSSR count). The van der Waals surface area contributed by atoms with Crippen LogP contribution in [0.4, 0.5) is 0 Å². The fourth-order valence-corrected chi connectivity index (χ4v) is 3.64. The van der Waals surface area contributed by atoms with Crippen LogP contribution in [0.1, 0.15) is 40.0 Å². The van der Waals surface area contributed by atoms with E-state index in [1.165, 1.54) is 19.3 Å². The summed E-state index contributed by atoms with van der Waals surface area (Å²) in [6, 6.07) is 0.971. The Morgan fingerprint density at radius 1 is 1.00 bits per heavy atom. The second kappa shape index (κ2) is 9.13. The van der Waals surface area contributed by atoms with E-state index in [0.717, 1.165) is 19.3 Å². The van der Waals surface area contributed by atoms with Gasteiger partial charge in [0.25, 0.3) is 0 Å². The average molecular weight is 230 g/mol. The summed E-state index contributed by atoms with van der Waals surface area (Å²) in [5.41, 5.74) is 0. The van der Waals surface area contributed by atoms with Gasteiger partial charge in [-0.2, -0.15) is 0 Å². The van der Waals surface area contributed by atoms with Crippen LogP contribution in [-0.4, -0.2) is 21.8 Å². The maximum atomic E-state index is 5.74. The summed E-state index contributed by atoms with van der Waals surface area (Å²) >= 11 is 0. The fraction of sp³-hybridized carbons (Fsp3) is 0.833. The van der Waals surface area contributed by atoms with Crippen LogP contribution in [0, 0.1) is 0 Å². The summed E-state index contributed by atoms with van der Waals surface area (Å²) in [5.74, 6) is 0. The van der Waals surface area contributed by atoms with Crippen LogP contribution in [0.3, 0.4) is 0 Å². The van der Waals surface area contributed by atoms with Gasteiger partial charge in [0.1, 0.15) is 0 Å². The van der Waals surface area contributed by atoms with E-state index in [2.05, 4.69) is 25.6 Å². The molecule has 2 nitrogen and oxygen atoms in total. The highest BCUT2D eigenvalue weighted by molar-refractivity contribution is 6.66. The molecule has 0 N–H and O–H groups in total. The molecular weight excluding hydrogens is 204 g/mol. The van der Waals surface area contributed by atoms with Crippen molar-refractivity contribution in [3.63, 3.8) is 0 Å². The van der Waals surface area contributed by atoms with Gasteiger partial charge in [-0.15, -0.1) is 0 Å². The topological polar surface area (TPSA) is 18.5 Å². The Kier molecular flexibility index (Phi) is 9.05. The van der Waals surface area contributed by atoms with E-state index in [9.17, 15) is 0 Å². The minimum Gasteiger partial charge on any atom is -0.394 e. The van der Waals surface area contributed by atoms with Crippen molar-refractivity contribution in [1.29, 1.82) is 0 Å². The van der Waals surface area contributed by atoms with E-state index in [1.54, 1.807) is 0 Å². The molecule has 0 aromatic rings. The van der Waals surface area contributed by atoms with E-state index in [-0.39, 0.29) is 0 Å². The van der Waals surface area contributed by atoms with Gasteiger partial charge < -0.3 is 8.85 Å². The van der Waals surface area contributed by atoms with Crippen molar-refractivity contribution in [3.05, 3.63) is 12.2 Å². The normalized spacial score (nSPS) is 12.5. The first-order valence-electron chi connectivity index (χ1n) is 6.11. The minimum atomic E-state index is -1.90. The molecule has 0 saturated carbocycles. The molecule has 0 fully saturated rings. The molecule has 0 aliphatic carbocycles. The molecule has 0 bridgehead atoms. The van der Waals surface area contributed by atoms with Crippen molar-refractivity contribution >= 4 is 8.56 Å². The third kappa shape index (κ3) is 7.77. The molecular formula is C12H26O2Si. The number of rotatable bonds is 9. The zero-order valence-corrected chi connectivity index (χ0v) is 11.7. The van der Waals surface area contributed by atoms with Crippen LogP contribution >= 0.6 is 0 Å². The van der Waals surface area contributed by atoms with Gasteiger partial charge in [-0.05, 0) is 26.8 Å². The Bertz CT molecular complexity index is 163. The van der Waals surface area contributed by atoms with E-state index in [1.807, 2.05) is 13.8 Å². The molecule has 0 unspecified atom stereocenters. The minimum absolute atomic E-state index is 0.755. The molecule has 0 heterocycles. The third-order valence-corrected chi connectivity index (χ3v) is 5.05. The van der Waals surface area contributed by atoms with Crippen molar-refractivity contribution in [1.82, 2.24) is 0 Å². The fourth-order valence-electron chi connectivity index (χ4n) is 1.51. The second-order valence-corrected chi connectivity index (χ2v) is 7.07. The zero-order chi connectivity index (χ0) is 11.6. The summed E-state index contributed by atoms with van der Waals surface area (Å²) in [7, 11) is -1.90. The SMILES string of the molecule is CCCCC=CC[Si](C)(OCC)OCC. The van der Waals surface area contributed by atoms with Gasteiger partial charge in [0.05, 0.1) is 0 Å². The summed E-state index contributed by atoms with van der Waals surface area (Å²) in [5, 5.41) is 0. The zero-order valence-electron chi connectivity index (χ0n) is 10.7.